The maximum atomic E-state index is 12.7. The van der Waals surface area contributed by atoms with Crippen LogP contribution in [0.5, 0.6) is 5.75 Å². The highest BCUT2D eigenvalue weighted by atomic mass is 16.5. The number of amides is 1. The molecule has 0 bridgehead atoms. The fourth-order valence-electron chi connectivity index (χ4n) is 3.49. The van der Waals surface area contributed by atoms with E-state index in [1.165, 1.54) is 12.6 Å². The predicted octanol–water partition coefficient (Wildman–Crippen LogP) is 3.63. The predicted molar refractivity (Wildman–Crippen MR) is 96.4 cm³/mol. The Morgan fingerprint density at radius 2 is 2.19 bits per heavy atom. The van der Waals surface area contributed by atoms with Gasteiger partial charge in [0.2, 0.25) is 11.7 Å². The Kier molecular flexibility index (Phi) is 4.91. The van der Waals surface area contributed by atoms with Crippen molar-refractivity contribution in [1.29, 1.82) is 0 Å². The monoisotopic (exact) mass is 367 g/mol. The summed E-state index contributed by atoms with van der Waals surface area (Å²) >= 11 is 0. The summed E-state index contributed by atoms with van der Waals surface area (Å²) in [4.78, 5) is 22.8. The first-order valence-corrected chi connectivity index (χ1v) is 9.02. The van der Waals surface area contributed by atoms with Crippen LogP contribution in [0.2, 0.25) is 0 Å². The Hall–Kier alpha value is -3.09. The first-order valence-electron chi connectivity index (χ1n) is 9.02. The number of oxazole rings is 2. The second-order valence-electron chi connectivity index (χ2n) is 6.53. The summed E-state index contributed by atoms with van der Waals surface area (Å²) < 4.78 is 16.6. The lowest BCUT2D eigenvalue weighted by Gasteiger charge is -2.33. The highest BCUT2D eigenvalue weighted by Crippen LogP contribution is 2.32. The molecule has 0 aliphatic carbocycles. The van der Waals surface area contributed by atoms with Gasteiger partial charge in [-0.15, -0.1) is 0 Å². The van der Waals surface area contributed by atoms with Crippen LogP contribution in [0.1, 0.15) is 53.1 Å². The molecule has 4 rings (SSSR count). The third-order valence-electron chi connectivity index (χ3n) is 4.82. The van der Waals surface area contributed by atoms with Crippen molar-refractivity contribution in [3.05, 3.63) is 66.0 Å². The summed E-state index contributed by atoms with van der Waals surface area (Å²) in [6, 6.07) is 7.63. The SMILES string of the molecule is COc1ccccc1Cc1cnc([C@@H]2CCCCN2C(=O)c2cnco2)o1. The number of hydrogen-bond donors (Lipinski definition) is 0. The van der Waals surface area contributed by atoms with Crippen LogP contribution < -0.4 is 4.74 Å². The van der Waals surface area contributed by atoms with E-state index in [4.69, 9.17) is 13.6 Å². The second-order valence-corrected chi connectivity index (χ2v) is 6.53. The van der Waals surface area contributed by atoms with Gasteiger partial charge in [0.1, 0.15) is 17.6 Å². The van der Waals surface area contributed by atoms with Crippen LogP contribution in [0.25, 0.3) is 0 Å². The minimum absolute atomic E-state index is 0.179. The lowest BCUT2D eigenvalue weighted by molar-refractivity contribution is 0.0538. The third kappa shape index (κ3) is 3.58. The Labute approximate surface area is 157 Å². The number of benzene rings is 1. The van der Waals surface area contributed by atoms with Gasteiger partial charge in [0, 0.05) is 18.5 Å². The zero-order valence-corrected chi connectivity index (χ0v) is 15.1. The van der Waals surface area contributed by atoms with Crippen molar-refractivity contribution < 1.29 is 18.4 Å². The molecule has 7 nitrogen and oxygen atoms in total. The van der Waals surface area contributed by atoms with E-state index in [0.29, 0.717) is 18.9 Å². The summed E-state index contributed by atoms with van der Waals surface area (Å²) in [5.74, 6) is 2.18. The van der Waals surface area contributed by atoms with E-state index in [1.807, 2.05) is 24.3 Å². The van der Waals surface area contributed by atoms with Crippen LogP contribution in [-0.4, -0.2) is 34.4 Å². The van der Waals surface area contributed by atoms with Gasteiger partial charge in [-0.2, -0.15) is 0 Å². The molecule has 0 saturated carbocycles. The number of para-hydroxylation sites is 1. The number of rotatable bonds is 5. The Morgan fingerprint density at radius 1 is 1.30 bits per heavy atom. The number of carbonyl (C=O) groups excluding carboxylic acids is 1. The largest absolute Gasteiger partial charge is 0.496 e. The van der Waals surface area contributed by atoms with E-state index >= 15 is 0 Å². The molecule has 140 valence electrons. The first-order chi connectivity index (χ1) is 13.3. The van der Waals surface area contributed by atoms with E-state index in [9.17, 15) is 4.79 Å². The van der Waals surface area contributed by atoms with Gasteiger partial charge in [-0.1, -0.05) is 18.2 Å². The number of hydrogen-bond acceptors (Lipinski definition) is 6. The van der Waals surface area contributed by atoms with E-state index in [1.54, 1.807) is 18.2 Å². The summed E-state index contributed by atoms with van der Waals surface area (Å²) in [6.07, 6.45) is 7.81. The molecule has 7 heteroatoms. The fraction of sp³-hybridized carbons (Fsp3) is 0.350. The van der Waals surface area contributed by atoms with Gasteiger partial charge in [0.15, 0.2) is 6.39 Å². The fourth-order valence-corrected chi connectivity index (χ4v) is 3.49. The molecule has 0 N–H and O–H groups in total. The van der Waals surface area contributed by atoms with Crippen molar-refractivity contribution in [2.24, 2.45) is 0 Å². The molecular weight excluding hydrogens is 346 g/mol. The van der Waals surface area contributed by atoms with Crippen LogP contribution in [0.15, 0.2) is 51.9 Å². The molecule has 1 aliphatic rings. The van der Waals surface area contributed by atoms with Crippen LogP contribution in [-0.2, 0) is 6.42 Å². The highest BCUT2D eigenvalue weighted by Gasteiger charge is 2.33. The second kappa shape index (κ2) is 7.65. The lowest BCUT2D eigenvalue weighted by Crippen LogP contribution is -2.38. The van der Waals surface area contributed by atoms with Crippen molar-refractivity contribution in [2.75, 3.05) is 13.7 Å². The van der Waals surface area contributed by atoms with Crippen molar-refractivity contribution >= 4 is 5.91 Å². The first kappa shape index (κ1) is 17.3. The topological polar surface area (TPSA) is 81.6 Å². The normalized spacial score (nSPS) is 17.1. The molecule has 27 heavy (non-hydrogen) atoms. The standard InChI is InChI=1S/C20H21N3O4/c1-25-17-8-3-2-6-14(17)10-15-11-22-19(27-15)16-7-4-5-9-23(16)20(24)18-12-21-13-26-18/h2-3,6,8,11-13,16H,4-5,7,9-10H2,1H3/t16-/m0/s1. The number of methoxy groups -OCH3 is 1. The van der Waals surface area contributed by atoms with E-state index in [2.05, 4.69) is 9.97 Å². The molecule has 0 spiro atoms. The maximum absolute atomic E-state index is 12.7. The minimum Gasteiger partial charge on any atom is -0.496 e. The number of nitrogens with zero attached hydrogens (tertiary/aromatic N) is 3. The summed E-state index contributed by atoms with van der Waals surface area (Å²) in [6.45, 7) is 0.647. The third-order valence-corrected chi connectivity index (χ3v) is 4.82. The molecule has 1 aromatic carbocycles. The lowest BCUT2D eigenvalue weighted by atomic mass is 10.0. The van der Waals surface area contributed by atoms with Gasteiger partial charge in [-0.05, 0) is 25.3 Å². The van der Waals surface area contributed by atoms with E-state index in [-0.39, 0.29) is 17.7 Å². The van der Waals surface area contributed by atoms with Crippen molar-refractivity contribution in [1.82, 2.24) is 14.9 Å². The van der Waals surface area contributed by atoms with Gasteiger partial charge >= 0.3 is 0 Å². The van der Waals surface area contributed by atoms with Crippen molar-refractivity contribution in [3.8, 4) is 5.75 Å². The van der Waals surface area contributed by atoms with Crippen molar-refractivity contribution in [3.63, 3.8) is 0 Å². The summed E-state index contributed by atoms with van der Waals surface area (Å²) in [5.41, 5.74) is 1.03. The quantitative estimate of drug-likeness (QED) is 0.685. The zero-order chi connectivity index (χ0) is 18.6. The van der Waals surface area contributed by atoms with Gasteiger partial charge in [0.05, 0.1) is 19.5 Å². The molecule has 1 aliphatic heterocycles. The molecule has 1 fully saturated rings. The Bertz CT molecular complexity index is 904. The molecular formula is C20H21N3O4. The molecule has 2 aromatic heterocycles. The average Bonchev–Trinajstić information content (AvgIpc) is 3.40. The van der Waals surface area contributed by atoms with Crippen molar-refractivity contribution in [2.45, 2.75) is 31.7 Å². The van der Waals surface area contributed by atoms with Gasteiger partial charge < -0.3 is 18.5 Å². The Balaban J connectivity index is 1.54. The molecule has 3 aromatic rings. The zero-order valence-electron chi connectivity index (χ0n) is 15.1. The van der Waals surface area contributed by atoms with E-state index < -0.39 is 0 Å². The average molecular weight is 367 g/mol. The van der Waals surface area contributed by atoms with E-state index in [0.717, 1.165) is 36.3 Å². The smallest absolute Gasteiger partial charge is 0.291 e. The molecule has 0 radical (unpaired) electrons. The summed E-state index contributed by atoms with van der Waals surface area (Å²) in [7, 11) is 1.65. The molecule has 3 heterocycles. The number of ether oxygens (including phenoxy) is 1. The molecule has 1 atom stereocenters. The van der Waals surface area contributed by atoms with Crippen LogP contribution >= 0.6 is 0 Å². The summed E-state index contributed by atoms with van der Waals surface area (Å²) in [5, 5.41) is 0. The number of likely N-dealkylation sites (tertiary alicyclic amines) is 1. The van der Waals surface area contributed by atoms with Crippen LogP contribution in [0, 0.1) is 0 Å². The number of piperidine rings is 1. The minimum atomic E-state index is -0.192. The highest BCUT2D eigenvalue weighted by molar-refractivity contribution is 5.91. The maximum Gasteiger partial charge on any atom is 0.291 e. The molecule has 0 unspecified atom stereocenters. The number of aromatic nitrogens is 2. The van der Waals surface area contributed by atoms with Gasteiger partial charge in [-0.3, -0.25) is 4.79 Å². The molecule has 1 amide bonds. The van der Waals surface area contributed by atoms with Crippen LogP contribution in [0.3, 0.4) is 0 Å². The number of carbonyl (C=O) groups is 1. The van der Waals surface area contributed by atoms with Crippen LogP contribution in [0.4, 0.5) is 0 Å². The Morgan fingerprint density at radius 3 is 3.00 bits per heavy atom. The van der Waals surface area contributed by atoms with Gasteiger partial charge in [0.25, 0.3) is 5.91 Å². The molecule has 1 saturated heterocycles. The van der Waals surface area contributed by atoms with Gasteiger partial charge in [-0.25, -0.2) is 9.97 Å².